The molecule has 10 heteroatoms. The van der Waals surface area contributed by atoms with Gasteiger partial charge < -0.3 is 19.5 Å². The van der Waals surface area contributed by atoms with E-state index in [9.17, 15) is 18.5 Å². The zero-order chi connectivity index (χ0) is 24.0. The van der Waals surface area contributed by atoms with E-state index in [1.54, 1.807) is 12.1 Å². The van der Waals surface area contributed by atoms with Gasteiger partial charge in [-0.1, -0.05) is 12.5 Å². The molecular formula is C23H27N3O6S. The van der Waals surface area contributed by atoms with E-state index in [0.717, 1.165) is 19.3 Å². The van der Waals surface area contributed by atoms with Crippen molar-refractivity contribution in [1.82, 2.24) is 9.62 Å². The number of sulfonamides is 1. The minimum absolute atomic E-state index is 0.0540. The summed E-state index contributed by atoms with van der Waals surface area (Å²) in [5.41, 5.74) is 0.568. The number of benzene rings is 2. The van der Waals surface area contributed by atoms with Crippen molar-refractivity contribution in [3.05, 3.63) is 47.5 Å². The topological polar surface area (TPSA) is 118 Å². The molecule has 1 atom stereocenters. The molecule has 0 spiro atoms. The number of nitriles is 1. The van der Waals surface area contributed by atoms with Gasteiger partial charge in [0.05, 0.1) is 32.3 Å². The Bertz CT molecular complexity index is 1130. The van der Waals surface area contributed by atoms with Crippen LogP contribution in [-0.2, 0) is 10.0 Å². The molecule has 0 saturated carbocycles. The molecule has 33 heavy (non-hydrogen) atoms. The summed E-state index contributed by atoms with van der Waals surface area (Å²) in [4.78, 5) is 13.0. The minimum atomic E-state index is -3.69. The van der Waals surface area contributed by atoms with Crippen LogP contribution < -0.4 is 19.5 Å². The van der Waals surface area contributed by atoms with Gasteiger partial charge in [0.2, 0.25) is 15.8 Å². The van der Waals surface area contributed by atoms with Crippen molar-refractivity contribution in [3.8, 4) is 23.3 Å². The molecule has 0 bridgehead atoms. The van der Waals surface area contributed by atoms with Gasteiger partial charge in [-0.15, -0.1) is 0 Å². The van der Waals surface area contributed by atoms with Crippen molar-refractivity contribution in [2.24, 2.45) is 0 Å². The minimum Gasteiger partial charge on any atom is -0.493 e. The van der Waals surface area contributed by atoms with Gasteiger partial charge in [-0.25, -0.2) is 8.42 Å². The number of ether oxygens (including phenoxy) is 3. The molecule has 3 rings (SSSR count). The number of piperidine rings is 1. The standard InChI is InChI=1S/C23H27N3O6S/c1-30-20-13-17(14-21(31-2)22(20)32-3)19(15-24)25-23(27)16-8-7-9-18(12-16)33(28,29)26-10-5-4-6-11-26/h7-9,12-14,19H,4-6,10-11H2,1-3H3,(H,25,27). The molecule has 1 fully saturated rings. The zero-order valence-corrected chi connectivity index (χ0v) is 19.6. The van der Waals surface area contributed by atoms with Gasteiger partial charge in [-0.05, 0) is 48.7 Å². The third kappa shape index (κ3) is 5.21. The Balaban J connectivity index is 1.86. The first kappa shape index (κ1) is 24.4. The second kappa shape index (κ2) is 10.6. The molecule has 9 nitrogen and oxygen atoms in total. The van der Waals surface area contributed by atoms with Crippen LogP contribution >= 0.6 is 0 Å². The van der Waals surface area contributed by atoms with Gasteiger partial charge in [0.25, 0.3) is 5.91 Å². The second-order valence-corrected chi connectivity index (χ2v) is 9.42. The summed E-state index contributed by atoms with van der Waals surface area (Å²) in [6.45, 7) is 0.937. The van der Waals surface area contributed by atoms with E-state index in [4.69, 9.17) is 14.2 Å². The molecule has 0 aliphatic carbocycles. The third-order valence-electron chi connectivity index (χ3n) is 5.47. The highest BCUT2D eigenvalue weighted by Gasteiger charge is 2.27. The van der Waals surface area contributed by atoms with Crippen molar-refractivity contribution >= 4 is 15.9 Å². The fraction of sp³-hybridized carbons (Fsp3) is 0.391. The normalized spacial score (nSPS) is 15.2. The summed E-state index contributed by atoms with van der Waals surface area (Å²) in [6, 6.07) is 10.0. The lowest BCUT2D eigenvalue weighted by atomic mass is 10.1. The van der Waals surface area contributed by atoms with Crippen LogP contribution in [0.2, 0.25) is 0 Å². The van der Waals surface area contributed by atoms with Gasteiger partial charge >= 0.3 is 0 Å². The predicted molar refractivity (Wildman–Crippen MR) is 121 cm³/mol. The van der Waals surface area contributed by atoms with Crippen molar-refractivity contribution in [3.63, 3.8) is 0 Å². The number of hydrogen-bond acceptors (Lipinski definition) is 7. The number of amides is 1. The van der Waals surface area contributed by atoms with Crippen LogP contribution in [0, 0.1) is 11.3 Å². The molecule has 1 saturated heterocycles. The van der Waals surface area contributed by atoms with E-state index in [1.165, 1.54) is 49.9 Å². The van der Waals surface area contributed by atoms with E-state index in [2.05, 4.69) is 5.32 Å². The Morgan fingerprint density at radius 3 is 2.21 bits per heavy atom. The first-order valence-corrected chi connectivity index (χ1v) is 11.9. The number of carbonyl (C=O) groups excluding carboxylic acids is 1. The highest BCUT2D eigenvalue weighted by Crippen LogP contribution is 2.39. The van der Waals surface area contributed by atoms with Crippen LogP contribution in [0.4, 0.5) is 0 Å². The van der Waals surface area contributed by atoms with Crippen LogP contribution in [0.25, 0.3) is 0 Å². The Kier molecular flexibility index (Phi) is 7.79. The van der Waals surface area contributed by atoms with Gasteiger partial charge in [0.1, 0.15) is 6.04 Å². The number of rotatable bonds is 8. The van der Waals surface area contributed by atoms with Crippen LogP contribution in [0.3, 0.4) is 0 Å². The fourth-order valence-electron chi connectivity index (χ4n) is 3.72. The van der Waals surface area contributed by atoms with Crippen molar-refractivity contribution < 1.29 is 27.4 Å². The fourth-order valence-corrected chi connectivity index (χ4v) is 5.29. The van der Waals surface area contributed by atoms with E-state index in [-0.39, 0.29) is 10.5 Å². The zero-order valence-electron chi connectivity index (χ0n) is 18.8. The Hall–Kier alpha value is -3.29. The number of carbonyl (C=O) groups is 1. The molecule has 2 aromatic carbocycles. The molecule has 176 valence electrons. The molecule has 2 aromatic rings. The maximum absolute atomic E-state index is 13.0. The monoisotopic (exact) mass is 473 g/mol. The third-order valence-corrected chi connectivity index (χ3v) is 7.37. The van der Waals surface area contributed by atoms with Crippen molar-refractivity contribution in [2.45, 2.75) is 30.2 Å². The second-order valence-electron chi connectivity index (χ2n) is 7.49. The van der Waals surface area contributed by atoms with E-state index < -0.39 is 22.0 Å². The molecule has 1 unspecified atom stereocenters. The summed E-state index contributed by atoms with van der Waals surface area (Å²) in [7, 11) is 0.686. The van der Waals surface area contributed by atoms with E-state index >= 15 is 0 Å². The number of nitrogens with zero attached hydrogens (tertiary/aromatic N) is 2. The van der Waals surface area contributed by atoms with Crippen molar-refractivity contribution in [2.75, 3.05) is 34.4 Å². The van der Waals surface area contributed by atoms with E-state index in [1.807, 2.05) is 6.07 Å². The van der Waals surface area contributed by atoms with Gasteiger partial charge in [-0.3, -0.25) is 4.79 Å². The maximum Gasteiger partial charge on any atom is 0.252 e. The molecule has 0 radical (unpaired) electrons. The quantitative estimate of drug-likeness (QED) is 0.626. The summed E-state index contributed by atoms with van der Waals surface area (Å²) < 4.78 is 43.3. The SMILES string of the molecule is COc1cc(C(C#N)NC(=O)c2cccc(S(=O)(=O)N3CCCCC3)c2)cc(OC)c1OC. The summed E-state index contributed by atoms with van der Waals surface area (Å²) in [5.74, 6) is 0.473. The van der Waals surface area contributed by atoms with Gasteiger partial charge in [0, 0.05) is 18.7 Å². The van der Waals surface area contributed by atoms with E-state index in [0.29, 0.717) is 35.9 Å². The number of methoxy groups -OCH3 is 3. The average molecular weight is 474 g/mol. The maximum atomic E-state index is 13.0. The average Bonchev–Trinajstić information content (AvgIpc) is 2.86. The highest BCUT2D eigenvalue weighted by molar-refractivity contribution is 7.89. The summed E-state index contributed by atoms with van der Waals surface area (Å²) >= 11 is 0. The molecular weight excluding hydrogens is 446 g/mol. The molecule has 1 amide bonds. The molecule has 1 aliphatic rings. The van der Waals surface area contributed by atoms with Crippen molar-refractivity contribution in [1.29, 1.82) is 5.26 Å². The molecule has 0 aromatic heterocycles. The first-order chi connectivity index (χ1) is 15.8. The highest BCUT2D eigenvalue weighted by atomic mass is 32.2. The van der Waals surface area contributed by atoms with Crippen LogP contribution in [0.1, 0.15) is 41.2 Å². The molecule has 1 N–H and O–H groups in total. The van der Waals surface area contributed by atoms with Gasteiger partial charge in [-0.2, -0.15) is 9.57 Å². The van der Waals surface area contributed by atoms with Crippen LogP contribution in [0.15, 0.2) is 41.3 Å². The lowest BCUT2D eigenvalue weighted by molar-refractivity contribution is 0.0945. The smallest absolute Gasteiger partial charge is 0.252 e. The Morgan fingerprint density at radius 2 is 1.67 bits per heavy atom. The molecule has 1 aliphatic heterocycles. The lowest BCUT2D eigenvalue weighted by Crippen LogP contribution is -2.35. The van der Waals surface area contributed by atoms with Gasteiger partial charge in [0.15, 0.2) is 11.5 Å². The number of hydrogen-bond donors (Lipinski definition) is 1. The first-order valence-electron chi connectivity index (χ1n) is 10.5. The predicted octanol–water partition coefficient (Wildman–Crippen LogP) is 2.88. The van der Waals surface area contributed by atoms with Crippen LogP contribution in [-0.4, -0.2) is 53.0 Å². The summed E-state index contributed by atoms with van der Waals surface area (Å²) in [6.07, 6.45) is 2.64. The lowest BCUT2D eigenvalue weighted by Gasteiger charge is -2.26. The molecule has 1 heterocycles. The number of nitrogens with one attached hydrogen (secondary N) is 1. The largest absolute Gasteiger partial charge is 0.493 e. The Labute approximate surface area is 193 Å². The Morgan fingerprint density at radius 1 is 1.03 bits per heavy atom. The summed E-state index contributed by atoms with van der Waals surface area (Å²) in [5, 5.41) is 12.3. The van der Waals surface area contributed by atoms with Crippen LogP contribution in [0.5, 0.6) is 17.2 Å².